The van der Waals surface area contributed by atoms with E-state index >= 15 is 0 Å². The van der Waals surface area contributed by atoms with Gasteiger partial charge >= 0.3 is 0 Å². The maximum absolute atomic E-state index is 5.44. The number of hydrogen-bond donors (Lipinski definition) is 1. The van der Waals surface area contributed by atoms with Crippen molar-refractivity contribution in [2.45, 2.75) is 52.1 Å². The van der Waals surface area contributed by atoms with E-state index < -0.39 is 0 Å². The van der Waals surface area contributed by atoms with Gasteiger partial charge in [-0.1, -0.05) is 101 Å². The number of para-hydroxylation sites is 3. The van der Waals surface area contributed by atoms with E-state index in [1.165, 1.54) is 55.8 Å². The number of quaternary nitrogens is 1. The van der Waals surface area contributed by atoms with Gasteiger partial charge in [0.15, 0.2) is 5.69 Å². The second kappa shape index (κ2) is 8.52. The summed E-state index contributed by atoms with van der Waals surface area (Å²) in [6.45, 7) is 9.64. The Labute approximate surface area is 236 Å². The fraction of sp³-hybridized carbons (Fsp3) is 0.270. The van der Waals surface area contributed by atoms with Gasteiger partial charge in [0.05, 0.1) is 11.2 Å². The highest BCUT2D eigenvalue weighted by atomic mass is 15.2. The van der Waals surface area contributed by atoms with E-state index in [2.05, 4.69) is 129 Å². The topological polar surface area (TPSA) is 33.9 Å². The molecule has 0 radical (unpaired) electrons. The van der Waals surface area contributed by atoms with Gasteiger partial charge < -0.3 is 0 Å². The lowest BCUT2D eigenvalue weighted by molar-refractivity contribution is -0.615. The Bertz CT molecular complexity index is 1840. The van der Waals surface area contributed by atoms with Crippen LogP contribution in [0.3, 0.4) is 0 Å². The molecule has 1 aliphatic heterocycles. The van der Waals surface area contributed by atoms with E-state index in [4.69, 9.17) is 4.99 Å². The van der Waals surface area contributed by atoms with E-state index in [-0.39, 0.29) is 11.6 Å². The second-order valence-electron chi connectivity index (χ2n) is 12.6. The van der Waals surface area contributed by atoms with Crippen LogP contribution in [0, 0.1) is 11.8 Å². The first-order chi connectivity index (χ1) is 19.4. The van der Waals surface area contributed by atoms with Crippen molar-refractivity contribution in [1.29, 1.82) is 0 Å². The largest absolute Gasteiger partial charge is 0.287 e. The molecule has 4 aliphatic rings. The molecular formula is C37H36N3+. The van der Waals surface area contributed by atoms with Crippen LogP contribution in [0.1, 0.15) is 62.7 Å². The van der Waals surface area contributed by atoms with Crippen LogP contribution in [0.2, 0.25) is 0 Å². The predicted molar refractivity (Wildman–Crippen MR) is 166 cm³/mol. The van der Waals surface area contributed by atoms with Gasteiger partial charge in [0, 0.05) is 16.9 Å². The summed E-state index contributed by atoms with van der Waals surface area (Å²) in [5.74, 6) is 0.907. The monoisotopic (exact) mass is 522 g/mol. The lowest BCUT2D eigenvalue weighted by Crippen LogP contribution is -2.84. The number of benzene rings is 3. The Morgan fingerprint density at radius 3 is 2.55 bits per heavy atom. The number of allylic oxidation sites excluding steroid dienone is 5. The summed E-state index contributed by atoms with van der Waals surface area (Å²) >= 11 is 0. The fourth-order valence-corrected chi connectivity index (χ4v) is 8.00. The molecule has 198 valence electrons. The average molecular weight is 523 g/mol. The molecule has 3 aromatic carbocycles. The maximum Gasteiger partial charge on any atom is 0.214 e. The number of fused-ring (bicyclic) bond motifs is 7. The summed E-state index contributed by atoms with van der Waals surface area (Å²) in [6.07, 6.45) is 8.95. The minimum Gasteiger partial charge on any atom is -0.287 e. The molecule has 40 heavy (non-hydrogen) atoms. The number of rotatable bonds is 2. The molecule has 0 spiro atoms. The SMILES string of the molecule is CC1CC=CC=C1C1=Nc2ccccc2[NH2+]C1n1c2c(c3ccccc31)CC(C)C1=C2C(C)(C)c2ccccc21. The van der Waals surface area contributed by atoms with Crippen molar-refractivity contribution in [2.24, 2.45) is 16.8 Å². The first-order valence-electron chi connectivity index (χ1n) is 14.8. The molecule has 3 nitrogen and oxygen atoms in total. The highest BCUT2D eigenvalue weighted by Crippen LogP contribution is 2.58. The third-order valence-corrected chi connectivity index (χ3v) is 9.84. The van der Waals surface area contributed by atoms with Gasteiger partial charge in [-0.3, -0.25) is 9.88 Å². The maximum atomic E-state index is 5.44. The zero-order valence-corrected chi connectivity index (χ0v) is 23.8. The van der Waals surface area contributed by atoms with Crippen molar-refractivity contribution in [3.63, 3.8) is 0 Å². The van der Waals surface area contributed by atoms with Gasteiger partial charge in [-0.05, 0) is 70.2 Å². The number of nitrogens with zero attached hydrogens (tertiary/aromatic N) is 2. The number of aliphatic imine (C=N–C) groups is 1. The number of aromatic nitrogens is 1. The van der Waals surface area contributed by atoms with Gasteiger partial charge in [-0.15, -0.1) is 0 Å². The molecule has 3 unspecified atom stereocenters. The van der Waals surface area contributed by atoms with Crippen LogP contribution >= 0.6 is 0 Å². The molecule has 0 bridgehead atoms. The summed E-state index contributed by atoms with van der Waals surface area (Å²) in [4.78, 5) is 5.44. The van der Waals surface area contributed by atoms with Crippen LogP contribution in [-0.4, -0.2) is 10.3 Å². The van der Waals surface area contributed by atoms with E-state index in [1.807, 2.05) is 0 Å². The Kier molecular flexibility index (Phi) is 5.09. The van der Waals surface area contributed by atoms with Crippen molar-refractivity contribution in [3.8, 4) is 0 Å². The molecule has 3 atom stereocenters. The summed E-state index contributed by atoms with van der Waals surface area (Å²) in [6, 6.07) is 26.8. The minimum atomic E-state index is -0.0779. The molecule has 3 heteroatoms. The Morgan fingerprint density at radius 1 is 0.900 bits per heavy atom. The van der Waals surface area contributed by atoms with Crippen LogP contribution in [0.25, 0.3) is 22.0 Å². The lowest BCUT2D eigenvalue weighted by atomic mass is 9.74. The van der Waals surface area contributed by atoms with Gasteiger partial charge in [-0.2, -0.15) is 0 Å². The average Bonchev–Trinajstić information content (AvgIpc) is 3.42. The summed E-state index contributed by atoms with van der Waals surface area (Å²) < 4.78 is 2.67. The third-order valence-electron chi connectivity index (χ3n) is 9.84. The van der Waals surface area contributed by atoms with Crippen LogP contribution in [0.4, 0.5) is 11.4 Å². The van der Waals surface area contributed by atoms with Gasteiger partial charge in [0.1, 0.15) is 11.4 Å². The molecule has 0 fully saturated rings. The van der Waals surface area contributed by atoms with Crippen molar-refractivity contribution in [2.75, 3.05) is 0 Å². The quantitative estimate of drug-likeness (QED) is 0.259. The molecule has 2 N–H and O–H groups in total. The zero-order valence-electron chi connectivity index (χ0n) is 23.8. The highest BCUT2D eigenvalue weighted by molar-refractivity contribution is 6.10. The van der Waals surface area contributed by atoms with Crippen molar-refractivity contribution in [3.05, 3.63) is 119 Å². The minimum absolute atomic E-state index is 0.0189. The molecule has 8 rings (SSSR count). The zero-order chi connectivity index (χ0) is 27.2. The normalized spacial score (nSPS) is 24.2. The molecule has 3 aliphatic carbocycles. The number of hydrogen-bond acceptors (Lipinski definition) is 1. The first kappa shape index (κ1) is 23.9. The Balaban J connectivity index is 1.45. The van der Waals surface area contributed by atoms with Crippen LogP contribution < -0.4 is 5.32 Å². The van der Waals surface area contributed by atoms with E-state index in [0.717, 1.165) is 18.5 Å². The molecular weight excluding hydrogens is 486 g/mol. The van der Waals surface area contributed by atoms with Crippen LogP contribution in [-0.2, 0) is 11.8 Å². The molecule has 1 aromatic heterocycles. The molecule has 4 aromatic rings. The van der Waals surface area contributed by atoms with E-state index in [1.54, 1.807) is 5.57 Å². The highest BCUT2D eigenvalue weighted by Gasteiger charge is 2.47. The lowest BCUT2D eigenvalue weighted by Gasteiger charge is -2.34. The van der Waals surface area contributed by atoms with Gasteiger partial charge in [0.25, 0.3) is 0 Å². The van der Waals surface area contributed by atoms with Gasteiger partial charge in [0.2, 0.25) is 6.17 Å². The van der Waals surface area contributed by atoms with Crippen LogP contribution in [0.5, 0.6) is 0 Å². The van der Waals surface area contributed by atoms with Crippen molar-refractivity contribution in [1.82, 2.24) is 4.57 Å². The number of nitrogens with two attached hydrogens (primary N) is 1. The van der Waals surface area contributed by atoms with E-state index in [0.29, 0.717) is 11.8 Å². The Morgan fingerprint density at radius 2 is 1.68 bits per heavy atom. The van der Waals surface area contributed by atoms with Gasteiger partial charge in [-0.25, -0.2) is 4.99 Å². The summed E-state index contributed by atoms with van der Waals surface area (Å²) in [7, 11) is 0. The standard InChI is InChI=1S/C37H35N3/c1-22-13-5-6-14-24(22)34-36(39-30-19-11-10-18-29(30)38-34)40-31-20-12-8-15-25(31)27-21-23(2)32-26-16-7-9-17-28(26)37(3,4)33(32)35(27)40/h5-12,14-20,22-23,36,39H,13,21H2,1-4H3/p+1. The molecule has 0 amide bonds. The predicted octanol–water partition coefficient (Wildman–Crippen LogP) is 8.04. The first-order valence-corrected chi connectivity index (χ1v) is 14.8. The second-order valence-corrected chi connectivity index (χ2v) is 12.6. The molecule has 0 saturated carbocycles. The third kappa shape index (κ3) is 3.19. The van der Waals surface area contributed by atoms with Crippen LogP contribution in [0.15, 0.2) is 102 Å². The summed E-state index contributed by atoms with van der Waals surface area (Å²) in [5, 5.41) is 3.86. The molecule has 2 heterocycles. The van der Waals surface area contributed by atoms with Crippen molar-refractivity contribution < 1.29 is 5.32 Å². The Hall–Kier alpha value is -3.95. The fourth-order valence-electron chi connectivity index (χ4n) is 8.00. The van der Waals surface area contributed by atoms with E-state index in [9.17, 15) is 0 Å². The molecule has 0 saturated heterocycles. The smallest absolute Gasteiger partial charge is 0.214 e. The summed E-state index contributed by atoms with van der Waals surface area (Å²) in [5.41, 5.74) is 14.9. The van der Waals surface area contributed by atoms with Crippen molar-refractivity contribution >= 4 is 39.1 Å².